The lowest BCUT2D eigenvalue weighted by Crippen LogP contribution is -2.53. The van der Waals surface area contributed by atoms with Crippen LogP contribution in [0.15, 0.2) is 36.5 Å². The van der Waals surface area contributed by atoms with E-state index in [0.717, 1.165) is 5.56 Å². The number of hydrogen-bond donors (Lipinski definition) is 3. The number of para-hydroxylation sites is 1. The van der Waals surface area contributed by atoms with Gasteiger partial charge in [0.2, 0.25) is 0 Å². The van der Waals surface area contributed by atoms with Gasteiger partial charge in [-0.1, -0.05) is 39.0 Å². The average Bonchev–Trinajstić information content (AvgIpc) is 2.74. The lowest BCUT2D eigenvalue weighted by atomic mass is 9.72. The number of pyridine rings is 1. The number of amides is 1. The van der Waals surface area contributed by atoms with Gasteiger partial charge in [0.25, 0.3) is 0 Å². The van der Waals surface area contributed by atoms with Gasteiger partial charge in [-0.15, -0.1) is 0 Å². The SMILES string of the molecule is CC(C)(C)C1(c2cnc(N)c(N)c2)CN(C(=O)O)Cc2ccccc2O1. The Morgan fingerprint density at radius 1 is 1.31 bits per heavy atom. The third kappa shape index (κ3) is 2.89. The lowest BCUT2D eigenvalue weighted by molar-refractivity contribution is -0.0540. The van der Waals surface area contributed by atoms with Crippen LogP contribution in [0.1, 0.15) is 31.9 Å². The molecule has 5 N–H and O–H groups in total. The Labute approximate surface area is 152 Å². The van der Waals surface area contributed by atoms with Crippen molar-refractivity contribution >= 4 is 17.6 Å². The molecule has 1 atom stereocenters. The number of fused-ring (bicyclic) bond motifs is 1. The van der Waals surface area contributed by atoms with Crippen LogP contribution in [-0.4, -0.2) is 27.6 Å². The summed E-state index contributed by atoms with van der Waals surface area (Å²) in [7, 11) is 0. The molecule has 2 heterocycles. The number of carbonyl (C=O) groups is 1. The molecular weight excluding hydrogens is 332 g/mol. The van der Waals surface area contributed by atoms with Crippen molar-refractivity contribution in [1.82, 2.24) is 9.88 Å². The topological polar surface area (TPSA) is 115 Å². The van der Waals surface area contributed by atoms with Crippen LogP contribution in [0.25, 0.3) is 0 Å². The number of aromatic nitrogens is 1. The first-order valence-corrected chi connectivity index (χ1v) is 8.40. The van der Waals surface area contributed by atoms with Crippen molar-refractivity contribution in [3.8, 4) is 5.75 Å². The van der Waals surface area contributed by atoms with Gasteiger partial charge < -0.3 is 21.3 Å². The van der Waals surface area contributed by atoms with Crippen LogP contribution < -0.4 is 16.2 Å². The second-order valence-corrected chi connectivity index (χ2v) is 7.62. The number of carboxylic acid groups (broad SMARTS) is 1. The molecule has 0 spiro atoms. The molecule has 1 aromatic heterocycles. The van der Waals surface area contributed by atoms with Crippen LogP contribution >= 0.6 is 0 Å². The van der Waals surface area contributed by atoms with Gasteiger partial charge in [0.1, 0.15) is 11.6 Å². The van der Waals surface area contributed by atoms with E-state index in [1.165, 1.54) is 4.90 Å². The Morgan fingerprint density at radius 2 is 2.00 bits per heavy atom. The number of anilines is 2. The molecule has 2 aromatic rings. The van der Waals surface area contributed by atoms with Crippen LogP contribution in [0.3, 0.4) is 0 Å². The Bertz CT molecular complexity index is 847. The molecule has 0 bridgehead atoms. The van der Waals surface area contributed by atoms with Gasteiger partial charge in [-0.3, -0.25) is 4.90 Å². The summed E-state index contributed by atoms with van der Waals surface area (Å²) in [5.41, 5.74) is 12.2. The van der Waals surface area contributed by atoms with Crippen LogP contribution in [0.5, 0.6) is 5.75 Å². The molecule has 138 valence electrons. The number of rotatable bonds is 1. The highest BCUT2D eigenvalue weighted by Gasteiger charge is 2.50. The lowest BCUT2D eigenvalue weighted by Gasteiger charge is -2.45. The van der Waals surface area contributed by atoms with Crippen LogP contribution in [0.2, 0.25) is 0 Å². The molecule has 0 radical (unpaired) electrons. The second kappa shape index (κ2) is 6.09. The highest BCUT2D eigenvalue weighted by atomic mass is 16.5. The molecule has 1 aliphatic rings. The van der Waals surface area contributed by atoms with Gasteiger partial charge in [0, 0.05) is 22.7 Å². The van der Waals surface area contributed by atoms with Crippen molar-refractivity contribution in [1.29, 1.82) is 0 Å². The maximum atomic E-state index is 11.9. The maximum Gasteiger partial charge on any atom is 0.407 e. The minimum Gasteiger partial charge on any atom is -0.480 e. The van der Waals surface area contributed by atoms with Crippen LogP contribution in [0.4, 0.5) is 16.3 Å². The smallest absolute Gasteiger partial charge is 0.407 e. The number of benzene rings is 1. The second-order valence-electron chi connectivity index (χ2n) is 7.62. The largest absolute Gasteiger partial charge is 0.480 e. The Kier molecular flexibility index (Phi) is 4.18. The van der Waals surface area contributed by atoms with Crippen LogP contribution in [0, 0.1) is 5.41 Å². The van der Waals surface area contributed by atoms with E-state index in [1.54, 1.807) is 12.3 Å². The van der Waals surface area contributed by atoms with Crippen molar-refractivity contribution in [2.75, 3.05) is 18.0 Å². The first-order chi connectivity index (χ1) is 12.1. The first-order valence-electron chi connectivity index (χ1n) is 8.40. The van der Waals surface area contributed by atoms with E-state index < -0.39 is 17.1 Å². The molecule has 1 amide bonds. The van der Waals surface area contributed by atoms with Crippen molar-refractivity contribution in [2.24, 2.45) is 5.41 Å². The van der Waals surface area contributed by atoms with E-state index in [2.05, 4.69) is 4.98 Å². The molecule has 7 heteroatoms. The molecule has 0 saturated heterocycles. The van der Waals surface area contributed by atoms with E-state index in [-0.39, 0.29) is 18.9 Å². The van der Waals surface area contributed by atoms with E-state index in [9.17, 15) is 9.90 Å². The van der Waals surface area contributed by atoms with Gasteiger partial charge >= 0.3 is 6.09 Å². The summed E-state index contributed by atoms with van der Waals surface area (Å²) in [6.07, 6.45) is 0.612. The van der Waals surface area contributed by atoms with Gasteiger partial charge in [-0.25, -0.2) is 9.78 Å². The van der Waals surface area contributed by atoms with Crippen molar-refractivity contribution in [3.63, 3.8) is 0 Å². The zero-order chi connectivity index (χ0) is 19.1. The number of nitrogen functional groups attached to an aromatic ring is 2. The minimum absolute atomic E-state index is 0.144. The predicted octanol–water partition coefficient (Wildman–Crippen LogP) is 3.06. The molecule has 7 nitrogen and oxygen atoms in total. The molecular formula is C19H24N4O3. The minimum atomic E-state index is -1.00. The maximum absolute atomic E-state index is 11.9. The summed E-state index contributed by atoms with van der Waals surface area (Å²) >= 11 is 0. The monoisotopic (exact) mass is 356 g/mol. The zero-order valence-corrected chi connectivity index (χ0v) is 15.2. The van der Waals surface area contributed by atoms with Gasteiger partial charge in [0.15, 0.2) is 5.60 Å². The summed E-state index contributed by atoms with van der Waals surface area (Å²) in [4.78, 5) is 17.4. The quantitative estimate of drug-likeness (QED) is 0.723. The Morgan fingerprint density at radius 3 is 2.62 bits per heavy atom. The zero-order valence-electron chi connectivity index (χ0n) is 15.2. The summed E-state index contributed by atoms with van der Waals surface area (Å²) in [5.74, 6) is 0.892. The van der Waals surface area contributed by atoms with Crippen molar-refractivity contribution < 1.29 is 14.6 Å². The molecule has 3 rings (SSSR count). The third-order valence-corrected chi connectivity index (χ3v) is 4.93. The Balaban J connectivity index is 2.25. The van der Waals surface area contributed by atoms with Gasteiger partial charge in [-0.05, 0) is 12.1 Å². The highest BCUT2D eigenvalue weighted by molar-refractivity contribution is 5.66. The molecule has 0 fully saturated rings. The average molecular weight is 356 g/mol. The standard InChI is InChI=1S/C19H24N4O3/c1-18(2,3)19(13-8-14(20)16(21)22-9-13)11-23(17(24)25)10-12-6-4-5-7-15(12)26-19/h4-9H,10-11,20H2,1-3H3,(H2,21,22)(H,24,25). The fourth-order valence-electron chi connectivity index (χ4n) is 3.31. The van der Waals surface area contributed by atoms with Crippen molar-refractivity contribution in [2.45, 2.75) is 32.9 Å². The molecule has 0 saturated carbocycles. The number of ether oxygens (including phenoxy) is 1. The molecule has 26 heavy (non-hydrogen) atoms. The number of hydrogen-bond acceptors (Lipinski definition) is 5. The van der Waals surface area contributed by atoms with E-state index >= 15 is 0 Å². The third-order valence-electron chi connectivity index (χ3n) is 4.93. The normalized spacial score (nSPS) is 20.0. The molecule has 1 unspecified atom stereocenters. The first kappa shape index (κ1) is 17.8. The van der Waals surface area contributed by atoms with E-state index in [1.807, 2.05) is 45.0 Å². The van der Waals surface area contributed by atoms with Crippen molar-refractivity contribution in [3.05, 3.63) is 47.7 Å². The predicted molar refractivity (Wildman–Crippen MR) is 99.7 cm³/mol. The van der Waals surface area contributed by atoms with Gasteiger partial charge in [-0.2, -0.15) is 0 Å². The Hall–Kier alpha value is -2.96. The number of nitrogens with two attached hydrogens (primary N) is 2. The highest BCUT2D eigenvalue weighted by Crippen LogP contribution is 2.47. The van der Waals surface area contributed by atoms with Gasteiger partial charge in [0.05, 0.1) is 18.8 Å². The van der Waals surface area contributed by atoms with Crippen LogP contribution in [-0.2, 0) is 12.1 Å². The molecule has 1 aliphatic heterocycles. The fraction of sp³-hybridized carbons (Fsp3) is 0.368. The molecule has 1 aromatic carbocycles. The summed E-state index contributed by atoms with van der Waals surface area (Å²) in [6, 6.07) is 9.20. The van der Waals surface area contributed by atoms with E-state index in [0.29, 0.717) is 17.0 Å². The summed E-state index contributed by atoms with van der Waals surface area (Å²) in [5, 5.41) is 9.74. The fourth-order valence-corrected chi connectivity index (χ4v) is 3.31. The van der Waals surface area contributed by atoms with E-state index in [4.69, 9.17) is 16.2 Å². The summed E-state index contributed by atoms with van der Waals surface area (Å²) in [6.45, 7) is 6.42. The summed E-state index contributed by atoms with van der Waals surface area (Å²) < 4.78 is 6.53. The number of nitrogens with zero attached hydrogens (tertiary/aromatic N) is 2. The molecule has 0 aliphatic carbocycles.